The Morgan fingerprint density at radius 2 is 1.58 bits per heavy atom. The van der Waals surface area contributed by atoms with Crippen LogP contribution in [0.15, 0.2) is 95.6 Å². The standard InChI is InChI=1S/C21H21N3/c1-5-11-18(6-2)22-16(3)20-14-10-15-21(24-20)17(4)23-19-12-8-7-9-13-19/h5-15H,1-2H2,3-4H3/b18-11+,22-16?,23-17?. The minimum Gasteiger partial charge on any atom is -0.252 e. The molecule has 0 unspecified atom stereocenters. The molecule has 2 aromatic rings. The van der Waals surface area contributed by atoms with E-state index in [0.717, 1.165) is 34.2 Å². The summed E-state index contributed by atoms with van der Waals surface area (Å²) >= 11 is 0. The highest BCUT2D eigenvalue weighted by Gasteiger charge is 2.04. The van der Waals surface area contributed by atoms with Gasteiger partial charge in [-0.25, -0.2) is 4.98 Å². The van der Waals surface area contributed by atoms with Crippen molar-refractivity contribution in [3.63, 3.8) is 0 Å². The number of aromatic nitrogens is 1. The average Bonchev–Trinajstić information content (AvgIpc) is 2.62. The molecule has 0 aliphatic carbocycles. The monoisotopic (exact) mass is 315 g/mol. The Kier molecular flexibility index (Phi) is 6.15. The highest BCUT2D eigenvalue weighted by atomic mass is 14.8. The first-order chi connectivity index (χ1) is 11.6. The van der Waals surface area contributed by atoms with Gasteiger partial charge in [0.2, 0.25) is 0 Å². The topological polar surface area (TPSA) is 37.6 Å². The lowest BCUT2D eigenvalue weighted by molar-refractivity contribution is 1.23. The van der Waals surface area contributed by atoms with E-state index in [-0.39, 0.29) is 0 Å². The van der Waals surface area contributed by atoms with E-state index in [2.05, 4.69) is 28.1 Å². The molecule has 1 aromatic carbocycles. The van der Waals surface area contributed by atoms with Gasteiger partial charge in [0.1, 0.15) is 0 Å². The van der Waals surface area contributed by atoms with Crippen molar-refractivity contribution in [2.75, 3.05) is 0 Å². The Bertz CT molecular complexity index is 812. The van der Waals surface area contributed by atoms with E-state index in [1.54, 1.807) is 12.2 Å². The third kappa shape index (κ3) is 4.71. The van der Waals surface area contributed by atoms with Gasteiger partial charge in [-0.2, -0.15) is 0 Å². The summed E-state index contributed by atoms with van der Waals surface area (Å²) in [7, 11) is 0. The summed E-state index contributed by atoms with van der Waals surface area (Å²) in [5, 5.41) is 0. The molecule has 0 aliphatic rings. The molecule has 0 saturated carbocycles. The predicted molar refractivity (Wildman–Crippen MR) is 103 cm³/mol. The first kappa shape index (κ1) is 17.3. The van der Waals surface area contributed by atoms with E-state index in [1.165, 1.54) is 0 Å². The van der Waals surface area contributed by atoms with Gasteiger partial charge in [-0.3, -0.25) is 9.98 Å². The van der Waals surface area contributed by atoms with Crippen LogP contribution in [0.5, 0.6) is 0 Å². The zero-order valence-corrected chi connectivity index (χ0v) is 14.1. The number of pyridine rings is 1. The molecular weight excluding hydrogens is 294 g/mol. The Morgan fingerprint density at radius 3 is 2.21 bits per heavy atom. The van der Waals surface area contributed by atoms with Crippen LogP contribution in [0.1, 0.15) is 25.2 Å². The largest absolute Gasteiger partial charge is 0.252 e. The maximum Gasteiger partial charge on any atom is 0.0849 e. The van der Waals surface area contributed by atoms with Crippen LogP contribution in [0.2, 0.25) is 0 Å². The van der Waals surface area contributed by atoms with Crippen molar-refractivity contribution in [1.82, 2.24) is 4.98 Å². The lowest BCUT2D eigenvalue weighted by atomic mass is 10.2. The number of hydrogen-bond acceptors (Lipinski definition) is 3. The second-order valence-electron chi connectivity index (χ2n) is 5.17. The number of para-hydroxylation sites is 1. The first-order valence-corrected chi connectivity index (χ1v) is 7.72. The van der Waals surface area contributed by atoms with Gasteiger partial charge < -0.3 is 0 Å². The summed E-state index contributed by atoms with van der Waals surface area (Å²) in [4.78, 5) is 13.8. The molecule has 2 rings (SSSR count). The average molecular weight is 315 g/mol. The normalized spacial score (nSPS) is 12.8. The second-order valence-corrected chi connectivity index (χ2v) is 5.17. The van der Waals surface area contributed by atoms with Crippen molar-refractivity contribution in [2.24, 2.45) is 9.98 Å². The molecule has 3 heteroatoms. The molecule has 0 saturated heterocycles. The highest BCUT2D eigenvalue weighted by Crippen LogP contribution is 2.13. The molecule has 120 valence electrons. The third-order valence-electron chi connectivity index (χ3n) is 3.34. The molecule has 1 aromatic heterocycles. The van der Waals surface area contributed by atoms with Crippen molar-refractivity contribution in [2.45, 2.75) is 13.8 Å². The molecule has 0 atom stereocenters. The van der Waals surface area contributed by atoms with Crippen LogP contribution in [0.25, 0.3) is 0 Å². The molecular formula is C21H21N3. The predicted octanol–water partition coefficient (Wildman–Crippen LogP) is 5.29. The third-order valence-corrected chi connectivity index (χ3v) is 3.34. The van der Waals surface area contributed by atoms with Crippen molar-refractivity contribution in [3.8, 4) is 0 Å². The quantitative estimate of drug-likeness (QED) is 0.527. The second kappa shape index (κ2) is 8.53. The lowest BCUT2D eigenvalue weighted by Crippen LogP contribution is -2.05. The van der Waals surface area contributed by atoms with Gasteiger partial charge in [-0.15, -0.1) is 0 Å². The number of nitrogens with zero attached hydrogens (tertiary/aromatic N) is 3. The Labute approximate surface area is 143 Å². The van der Waals surface area contributed by atoms with E-state index in [4.69, 9.17) is 0 Å². The zero-order valence-electron chi connectivity index (χ0n) is 14.1. The molecule has 0 spiro atoms. The molecule has 0 bridgehead atoms. The van der Waals surface area contributed by atoms with Gasteiger partial charge in [0.25, 0.3) is 0 Å². The van der Waals surface area contributed by atoms with Crippen molar-refractivity contribution >= 4 is 17.1 Å². The van der Waals surface area contributed by atoms with Crippen LogP contribution in [-0.2, 0) is 0 Å². The van der Waals surface area contributed by atoms with Gasteiger partial charge in [0.05, 0.1) is 34.2 Å². The van der Waals surface area contributed by atoms with Crippen LogP contribution in [-0.4, -0.2) is 16.4 Å². The maximum absolute atomic E-state index is 4.67. The summed E-state index contributed by atoms with van der Waals surface area (Å²) in [5.41, 5.74) is 4.99. The van der Waals surface area contributed by atoms with E-state index in [1.807, 2.05) is 68.5 Å². The number of aliphatic imine (C=N–C) groups is 2. The van der Waals surface area contributed by atoms with Gasteiger partial charge in [-0.1, -0.05) is 43.5 Å². The van der Waals surface area contributed by atoms with Gasteiger partial charge >= 0.3 is 0 Å². The fourth-order valence-electron chi connectivity index (χ4n) is 2.11. The van der Waals surface area contributed by atoms with Crippen LogP contribution >= 0.6 is 0 Å². The fraction of sp³-hybridized carbons (Fsp3) is 0.0952. The van der Waals surface area contributed by atoms with Gasteiger partial charge in [0.15, 0.2) is 0 Å². The summed E-state index contributed by atoms with van der Waals surface area (Å²) in [6.45, 7) is 11.3. The van der Waals surface area contributed by atoms with Crippen LogP contribution < -0.4 is 0 Å². The number of rotatable bonds is 6. The molecule has 0 fully saturated rings. The van der Waals surface area contributed by atoms with Crippen LogP contribution in [0, 0.1) is 0 Å². The number of allylic oxidation sites excluding steroid dienone is 3. The van der Waals surface area contributed by atoms with E-state index >= 15 is 0 Å². The first-order valence-electron chi connectivity index (χ1n) is 7.72. The minimum absolute atomic E-state index is 0.754. The van der Waals surface area contributed by atoms with Crippen molar-refractivity contribution < 1.29 is 0 Å². The molecule has 3 nitrogen and oxygen atoms in total. The number of benzene rings is 1. The van der Waals surface area contributed by atoms with Crippen LogP contribution in [0.3, 0.4) is 0 Å². The molecule has 0 radical (unpaired) electrons. The Hall–Kier alpha value is -3.07. The van der Waals surface area contributed by atoms with Crippen LogP contribution in [0.4, 0.5) is 5.69 Å². The minimum atomic E-state index is 0.754. The highest BCUT2D eigenvalue weighted by molar-refractivity contribution is 6.01. The summed E-state index contributed by atoms with van der Waals surface area (Å²) in [5.74, 6) is 0. The summed E-state index contributed by atoms with van der Waals surface area (Å²) in [6, 6.07) is 15.7. The Morgan fingerprint density at radius 1 is 0.917 bits per heavy atom. The molecule has 0 N–H and O–H groups in total. The van der Waals surface area contributed by atoms with E-state index in [9.17, 15) is 0 Å². The van der Waals surface area contributed by atoms with Gasteiger partial charge in [0, 0.05) is 0 Å². The summed E-state index contributed by atoms with van der Waals surface area (Å²) in [6.07, 6.45) is 5.19. The van der Waals surface area contributed by atoms with Gasteiger partial charge in [-0.05, 0) is 50.3 Å². The lowest BCUT2D eigenvalue weighted by Gasteiger charge is -2.05. The SMILES string of the molecule is C=C/C=C(\C=C)N=C(C)c1cccc(C(C)=Nc2ccccc2)n1. The summed E-state index contributed by atoms with van der Waals surface area (Å²) < 4.78 is 0. The van der Waals surface area contributed by atoms with E-state index < -0.39 is 0 Å². The smallest absolute Gasteiger partial charge is 0.0849 e. The zero-order chi connectivity index (χ0) is 17.4. The number of hydrogen-bond donors (Lipinski definition) is 0. The van der Waals surface area contributed by atoms with Crippen molar-refractivity contribution in [3.05, 3.63) is 97.0 Å². The fourth-order valence-corrected chi connectivity index (χ4v) is 2.11. The molecule has 1 heterocycles. The maximum atomic E-state index is 4.67. The van der Waals surface area contributed by atoms with Crippen molar-refractivity contribution in [1.29, 1.82) is 0 Å². The molecule has 0 amide bonds. The van der Waals surface area contributed by atoms with E-state index in [0.29, 0.717) is 0 Å². The Balaban J connectivity index is 2.33. The molecule has 0 aliphatic heterocycles. The molecule has 24 heavy (non-hydrogen) atoms.